The summed E-state index contributed by atoms with van der Waals surface area (Å²) in [7, 11) is 0. The largest absolute Gasteiger partial charge is 0.491 e. The molecule has 72 valence electrons. The van der Waals surface area contributed by atoms with Crippen LogP contribution in [0.1, 0.15) is 18.9 Å². The number of hydrogen-bond donors (Lipinski definition) is 0. The van der Waals surface area contributed by atoms with Crippen molar-refractivity contribution in [3.05, 3.63) is 29.6 Å². The van der Waals surface area contributed by atoms with E-state index in [1.54, 1.807) is 12.1 Å². The van der Waals surface area contributed by atoms with Crippen molar-refractivity contribution < 1.29 is 9.13 Å². The molecule has 1 nitrogen and oxygen atoms in total. The standard InChI is InChI=1S/C10H12ClFO/c1-2-5-13-10-4-3-8(7-11)6-9(10)12/h3-4,6H,2,5,7H2,1H3. The second kappa shape index (κ2) is 5.07. The summed E-state index contributed by atoms with van der Waals surface area (Å²) in [5.74, 6) is 0.285. The second-order valence-electron chi connectivity index (χ2n) is 2.75. The van der Waals surface area contributed by atoms with E-state index in [1.807, 2.05) is 6.92 Å². The van der Waals surface area contributed by atoms with Crippen LogP contribution in [-0.4, -0.2) is 6.61 Å². The Kier molecular flexibility index (Phi) is 4.03. The summed E-state index contributed by atoms with van der Waals surface area (Å²) in [6.45, 7) is 2.52. The highest BCUT2D eigenvalue weighted by Gasteiger charge is 2.03. The molecule has 0 N–H and O–H groups in total. The van der Waals surface area contributed by atoms with Crippen molar-refractivity contribution in [1.82, 2.24) is 0 Å². The number of benzene rings is 1. The Morgan fingerprint density at radius 2 is 2.23 bits per heavy atom. The van der Waals surface area contributed by atoms with Crippen LogP contribution in [0, 0.1) is 5.82 Å². The van der Waals surface area contributed by atoms with Gasteiger partial charge in [0.2, 0.25) is 0 Å². The summed E-state index contributed by atoms with van der Waals surface area (Å²) in [6, 6.07) is 4.78. The zero-order valence-corrected chi connectivity index (χ0v) is 8.27. The molecule has 0 aliphatic heterocycles. The molecule has 1 aromatic rings. The molecule has 0 spiro atoms. The fraction of sp³-hybridized carbons (Fsp3) is 0.400. The highest BCUT2D eigenvalue weighted by molar-refractivity contribution is 6.17. The van der Waals surface area contributed by atoms with Crippen LogP contribution >= 0.6 is 11.6 Å². The average molecular weight is 203 g/mol. The van der Waals surface area contributed by atoms with Gasteiger partial charge in [0.15, 0.2) is 11.6 Å². The van der Waals surface area contributed by atoms with Crippen LogP contribution in [0.4, 0.5) is 4.39 Å². The number of rotatable bonds is 4. The molecule has 0 saturated carbocycles. The molecule has 0 bridgehead atoms. The normalized spacial score (nSPS) is 10.1. The Morgan fingerprint density at radius 1 is 1.46 bits per heavy atom. The fourth-order valence-electron chi connectivity index (χ4n) is 0.957. The summed E-state index contributed by atoms with van der Waals surface area (Å²) in [5.41, 5.74) is 0.767. The van der Waals surface area contributed by atoms with Crippen LogP contribution in [0.3, 0.4) is 0 Å². The number of hydrogen-bond acceptors (Lipinski definition) is 1. The quantitative estimate of drug-likeness (QED) is 0.681. The maximum atomic E-state index is 13.2. The van der Waals surface area contributed by atoms with Gasteiger partial charge in [0.1, 0.15) is 0 Å². The molecule has 0 heterocycles. The van der Waals surface area contributed by atoms with Crippen LogP contribution in [-0.2, 0) is 5.88 Å². The van der Waals surface area contributed by atoms with Gasteiger partial charge in [0.05, 0.1) is 6.61 Å². The molecule has 0 radical (unpaired) electrons. The lowest BCUT2D eigenvalue weighted by atomic mass is 10.2. The number of halogens is 2. The van der Waals surface area contributed by atoms with Gasteiger partial charge in [-0.2, -0.15) is 0 Å². The maximum absolute atomic E-state index is 13.2. The summed E-state index contributed by atoms with van der Waals surface area (Å²) in [6.07, 6.45) is 0.872. The van der Waals surface area contributed by atoms with Crippen molar-refractivity contribution in [3.63, 3.8) is 0 Å². The van der Waals surface area contributed by atoms with Crippen molar-refractivity contribution in [3.8, 4) is 5.75 Å². The van der Waals surface area contributed by atoms with Crippen molar-refractivity contribution in [2.24, 2.45) is 0 Å². The highest BCUT2D eigenvalue weighted by Crippen LogP contribution is 2.19. The van der Waals surface area contributed by atoms with Gasteiger partial charge in [0.25, 0.3) is 0 Å². The Hall–Kier alpha value is -0.760. The molecule has 1 aromatic carbocycles. The molecule has 0 aromatic heterocycles. The third kappa shape index (κ3) is 2.88. The first-order valence-corrected chi connectivity index (χ1v) is 4.78. The van der Waals surface area contributed by atoms with Crippen LogP contribution in [0.5, 0.6) is 5.75 Å². The molecule has 0 unspecified atom stereocenters. The fourth-order valence-corrected chi connectivity index (χ4v) is 1.12. The van der Waals surface area contributed by atoms with E-state index in [1.165, 1.54) is 6.07 Å². The van der Waals surface area contributed by atoms with Crippen molar-refractivity contribution in [1.29, 1.82) is 0 Å². The third-order valence-electron chi connectivity index (χ3n) is 1.61. The topological polar surface area (TPSA) is 9.23 Å². The predicted molar refractivity (Wildman–Crippen MR) is 51.7 cm³/mol. The van der Waals surface area contributed by atoms with Crippen LogP contribution < -0.4 is 4.74 Å². The SMILES string of the molecule is CCCOc1ccc(CCl)cc1F. The summed E-state index contributed by atoms with van der Waals surface area (Å²) < 4.78 is 18.3. The summed E-state index contributed by atoms with van der Waals surface area (Å²) in [5, 5.41) is 0. The molecule has 0 aliphatic carbocycles. The van der Waals surface area contributed by atoms with Crippen LogP contribution in [0.15, 0.2) is 18.2 Å². The van der Waals surface area contributed by atoms with E-state index in [4.69, 9.17) is 16.3 Å². The Bertz CT molecular complexity index is 276. The van der Waals surface area contributed by atoms with Gasteiger partial charge in [0, 0.05) is 5.88 Å². The molecule has 0 fully saturated rings. The maximum Gasteiger partial charge on any atom is 0.165 e. The minimum absolute atomic E-state index is 0.302. The zero-order valence-electron chi connectivity index (χ0n) is 7.52. The lowest BCUT2D eigenvalue weighted by Crippen LogP contribution is -1.97. The Morgan fingerprint density at radius 3 is 2.77 bits per heavy atom. The molecule has 3 heteroatoms. The van der Waals surface area contributed by atoms with Gasteiger partial charge in [-0.15, -0.1) is 11.6 Å². The first-order valence-electron chi connectivity index (χ1n) is 4.25. The van der Waals surface area contributed by atoms with E-state index in [0.717, 1.165) is 12.0 Å². The molecular weight excluding hydrogens is 191 g/mol. The molecule has 0 aliphatic rings. The zero-order chi connectivity index (χ0) is 9.68. The molecule has 0 amide bonds. The third-order valence-corrected chi connectivity index (χ3v) is 1.92. The number of alkyl halides is 1. The lowest BCUT2D eigenvalue weighted by Gasteiger charge is -2.06. The minimum atomic E-state index is -0.341. The van der Waals surface area contributed by atoms with Crippen LogP contribution in [0.2, 0.25) is 0 Å². The van der Waals surface area contributed by atoms with E-state index in [2.05, 4.69) is 0 Å². The first kappa shape index (κ1) is 10.3. The molecule has 1 rings (SSSR count). The van der Waals surface area contributed by atoms with E-state index in [9.17, 15) is 4.39 Å². The Labute approximate surface area is 82.5 Å². The molecule has 13 heavy (non-hydrogen) atoms. The van der Waals surface area contributed by atoms with Gasteiger partial charge in [-0.25, -0.2) is 4.39 Å². The summed E-state index contributed by atoms with van der Waals surface area (Å²) in [4.78, 5) is 0. The minimum Gasteiger partial charge on any atom is -0.491 e. The first-order chi connectivity index (χ1) is 6.27. The molecular formula is C10H12ClFO. The van der Waals surface area contributed by atoms with Crippen molar-refractivity contribution >= 4 is 11.6 Å². The van der Waals surface area contributed by atoms with Crippen LogP contribution in [0.25, 0.3) is 0 Å². The molecule has 0 saturated heterocycles. The monoisotopic (exact) mass is 202 g/mol. The van der Waals surface area contributed by atoms with Gasteiger partial charge < -0.3 is 4.74 Å². The smallest absolute Gasteiger partial charge is 0.165 e. The van der Waals surface area contributed by atoms with Gasteiger partial charge in [-0.3, -0.25) is 0 Å². The molecule has 0 atom stereocenters. The van der Waals surface area contributed by atoms with Gasteiger partial charge >= 0.3 is 0 Å². The second-order valence-corrected chi connectivity index (χ2v) is 3.01. The van der Waals surface area contributed by atoms with E-state index < -0.39 is 0 Å². The highest BCUT2D eigenvalue weighted by atomic mass is 35.5. The summed E-state index contributed by atoms with van der Waals surface area (Å²) >= 11 is 5.55. The van der Waals surface area contributed by atoms with Gasteiger partial charge in [-0.1, -0.05) is 13.0 Å². The number of ether oxygens (including phenoxy) is 1. The van der Waals surface area contributed by atoms with E-state index >= 15 is 0 Å². The van der Waals surface area contributed by atoms with Crippen molar-refractivity contribution in [2.45, 2.75) is 19.2 Å². The predicted octanol–water partition coefficient (Wildman–Crippen LogP) is 3.35. The van der Waals surface area contributed by atoms with Crippen molar-refractivity contribution in [2.75, 3.05) is 6.61 Å². The van der Waals surface area contributed by atoms with Gasteiger partial charge in [-0.05, 0) is 24.1 Å². The Balaban J connectivity index is 2.73. The average Bonchev–Trinajstić information content (AvgIpc) is 2.16. The lowest BCUT2D eigenvalue weighted by molar-refractivity contribution is 0.301. The van der Waals surface area contributed by atoms with E-state index in [-0.39, 0.29) is 5.82 Å². The van der Waals surface area contributed by atoms with E-state index in [0.29, 0.717) is 18.2 Å².